The Kier molecular flexibility index (Phi) is 5.83. The van der Waals surface area contributed by atoms with E-state index < -0.39 is 0 Å². The minimum Gasteiger partial charge on any atom is -0.377 e. The van der Waals surface area contributed by atoms with E-state index in [0.717, 1.165) is 25.9 Å². The first-order valence-corrected chi connectivity index (χ1v) is 7.09. The van der Waals surface area contributed by atoms with Gasteiger partial charge in [0.2, 0.25) is 0 Å². The van der Waals surface area contributed by atoms with E-state index in [1.165, 1.54) is 5.56 Å². The average molecular weight is 264 g/mol. The molecule has 1 fully saturated rings. The second kappa shape index (κ2) is 7.63. The lowest BCUT2D eigenvalue weighted by molar-refractivity contribution is -0.130. The van der Waals surface area contributed by atoms with E-state index in [-0.39, 0.29) is 6.29 Å². The van der Waals surface area contributed by atoms with Crippen molar-refractivity contribution in [1.29, 1.82) is 0 Å². The first-order valence-electron chi connectivity index (χ1n) is 7.09. The molecule has 0 bridgehead atoms. The molecule has 3 heteroatoms. The lowest BCUT2D eigenvalue weighted by Gasteiger charge is -2.13. The monoisotopic (exact) mass is 264 g/mol. The van der Waals surface area contributed by atoms with Crippen LogP contribution in [0.1, 0.15) is 31.7 Å². The largest absolute Gasteiger partial charge is 0.377 e. The Bertz CT molecular complexity index is 352. The van der Waals surface area contributed by atoms with Crippen LogP contribution in [0.25, 0.3) is 0 Å². The Morgan fingerprint density at radius 2 is 2.05 bits per heavy atom. The number of benzene rings is 1. The number of rotatable bonds is 7. The van der Waals surface area contributed by atoms with Gasteiger partial charge in [0.1, 0.15) is 0 Å². The van der Waals surface area contributed by atoms with Crippen LogP contribution in [0.5, 0.6) is 0 Å². The van der Waals surface area contributed by atoms with Crippen LogP contribution >= 0.6 is 0 Å². The molecule has 0 radical (unpaired) electrons. The lowest BCUT2D eigenvalue weighted by atomic mass is 10.0. The third kappa shape index (κ3) is 4.60. The van der Waals surface area contributed by atoms with E-state index >= 15 is 0 Å². The van der Waals surface area contributed by atoms with Crippen molar-refractivity contribution in [2.45, 2.75) is 45.2 Å². The van der Waals surface area contributed by atoms with Crippen LogP contribution in [0, 0.1) is 5.92 Å². The third-order valence-corrected chi connectivity index (χ3v) is 3.58. The van der Waals surface area contributed by atoms with Crippen LogP contribution in [0.15, 0.2) is 30.3 Å². The summed E-state index contributed by atoms with van der Waals surface area (Å²) in [6, 6.07) is 10.3. The molecule has 2 rings (SSSR count). The Morgan fingerprint density at radius 1 is 1.26 bits per heavy atom. The summed E-state index contributed by atoms with van der Waals surface area (Å²) < 4.78 is 16.8. The van der Waals surface area contributed by atoms with Gasteiger partial charge in [-0.2, -0.15) is 0 Å². The molecule has 0 spiro atoms. The van der Waals surface area contributed by atoms with Crippen LogP contribution in [0.4, 0.5) is 0 Å². The van der Waals surface area contributed by atoms with Gasteiger partial charge in [-0.15, -0.1) is 0 Å². The molecule has 3 unspecified atom stereocenters. The molecule has 1 aliphatic heterocycles. The molecule has 0 amide bonds. The van der Waals surface area contributed by atoms with Crippen molar-refractivity contribution in [3.8, 4) is 0 Å². The van der Waals surface area contributed by atoms with E-state index in [1.807, 2.05) is 18.2 Å². The fraction of sp³-hybridized carbons (Fsp3) is 0.625. The van der Waals surface area contributed by atoms with Crippen LogP contribution in [0.2, 0.25) is 0 Å². The van der Waals surface area contributed by atoms with E-state index in [2.05, 4.69) is 19.1 Å². The fourth-order valence-corrected chi connectivity index (χ4v) is 2.56. The zero-order valence-electron chi connectivity index (χ0n) is 11.9. The third-order valence-electron chi connectivity index (χ3n) is 3.58. The molecule has 106 valence electrons. The summed E-state index contributed by atoms with van der Waals surface area (Å²) in [6.45, 7) is 3.67. The fourth-order valence-electron chi connectivity index (χ4n) is 2.56. The Morgan fingerprint density at radius 3 is 2.74 bits per heavy atom. The summed E-state index contributed by atoms with van der Waals surface area (Å²) >= 11 is 0. The molecule has 0 saturated carbocycles. The lowest BCUT2D eigenvalue weighted by Crippen LogP contribution is -2.16. The molecule has 0 aliphatic carbocycles. The number of methoxy groups -OCH3 is 1. The van der Waals surface area contributed by atoms with Gasteiger partial charge in [0, 0.05) is 19.6 Å². The Labute approximate surface area is 115 Å². The zero-order valence-corrected chi connectivity index (χ0v) is 11.9. The van der Waals surface area contributed by atoms with Crippen LogP contribution in [0.3, 0.4) is 0 Å². The van der Waals surface area contributed by atoms with E-state index in [4.69, 9.17) is 14.2 Å². The van der Waals surface area contributed by atoms with Gasteiger partial charge in [-0.1, -0.05) is 37.3 Å². The molecule has 3 atom stereocenters. The second-order valence-corrected chi connectivity index (χ2v) is 5.26. The number of hydrogen-bond acceptors (Lipinski definition) is 3. The van der Waals surface area contributed by atoms with Gasteiger partial charge in [-0.3, -0.25) is 0 Å². The summed E-state index contributed by atoms with van der Waals surface area (Å²) in [5.74, 6) is 0.500. The molecule has 1 aliphatic rings. The molecule has 19 heavy (non-hydrogen) atoms. The summed E-state index contributed by atoms with van der Waals surface area (Å²) in [4.78, 5) is 0. The molecule has 1 saturated heterocycles. The maximum absolute atomic E-state index is 5.81. The van der Waals surface area contributed by atoms with Gasteiger partial charge in [0.25, 0.3) is 0 Å². The zero-order chi connectivity index (χ0) is 13.5. The SMILES string of the molecule is COC1OC(CCCOCc2ccccc2)CC1C. The second-order valence-electron chi connectivity index (χ2n) is 5.26. The van der Waals surface area contributed by atoms with Crippen LogP contribution in [-0.2, 0) is 20.8 Å². The molecule has 1 aromatic carbocycles. The van der Waals surface area contributed by atoms with Crippen molar-refractivity contribution in [1.82, 2.24) is 0 Å². The highest BCUT2D eigenvalue weighted by atomic mass is 16.7. The normalized spacial score (nSPS) is 26.7. The van der Waals surface area contributed by atoms with Gasteiger partial charge in [0.05, 0.1) is 12.7 Å². The first-order chi connectivity index (χ1) is 9.29. The number of ether oxygens (including phenoxy) is 3. The smallest absolute Gasteiger partial charge is 0.160 e. The number of hydrogen-bond donors (Lipinski definition) is 0. The van der Waals surface area contributed by atoms with Crippen molar-refractivity contribution < 1.29 is 14.2 Å². The van der Waals surface area contributed by atoms with Gasteiger partial charge >= 0.3 is 0 Å². The van der Waals surface area contributed by atoms with Crippen molar-refractivity contribution in [2.24, 2.45) is 5.92 Å². The molecular weight excluding hydrogens is 240 g/mol. The molecule has 1 aromatic rings. The average Bonchev–Trinajstić information content (AvgIpc) is 2.80. The van der Waals surface area contributed by atoms with Gasteiger partial charge in [-0.25, -0.2) is 0 Å². The highest BCUT2D eigenvalue weighted by Crippen LogP contribution is 2.28. The topological polar surface area (TPSA) is 27.7 Å². The highest BCUT2D eigenvalue weighted by Gasteiger charge is 2.31. The summed E-state index contributed by atoms with van der Waals surface area (Å²) in [5.41, 5.74) is 1.23. The van der Waals surface area contributed by atoms with Crippen LogP contribution in [-0.4, -0.2) is 26.1 Å². The first kappa shape index (κ1) is 14.5. The summed E-state index contributed by atoms with van der Waals surface area (Å²) in [6.07, 6.45) is 3.51. The molecular formula is C16H24O3. The Hall–Kier alpha value is -0.900. The maximum Gasteiger partial charge on any atom is 0.160 e. The van der Waals surface area contributed by atoms with E-state index in [1.54, 1.807) is 7.11 Å². The minimum absolute atomic E-state index is 0.0183. The maximum atomic E-state index is 5.81. The molecule has 3 nitrogen and oxygen atoms in total. The van der Waals surface area contributed by atoms with Gasteiger partial charge in [-0.05, 0) is 24.8 Å². The highest BCUT2D eigenvalue weighted by molar-refractivity contribution is 5.13. The van der Waals surface area contributed by atoms with Crippen molar-refractivity contribution in [2.75, 3.05) is 13.7 Å². The van der Waals surface area contributed by atoms with Gasteiger partial charge < -0.3 is 14.2 Å². The quantitative estimate of drug-likeness (QED) is 0.707. The summed E-state index contributed by atoms with van der Waals surface area (Å²) in [5, 5.41) is 0. The molecule has 1 heterocycles. The predicted octanol–water partition coefficient (Wildman–Crippen LogP) is 3.38. The van der Waals surface area contributed by atoms with Crippen molar-refractivity contribution in [3.63, 3.8) is 0 Å². The van der Waals surface area contributed by atoms with E-state index in [0.29, 0.717) is 18.6 Å². The molecule has 0 N–H and O–H groups in total. The summed E-state index contributed by atoms with van der Waals surface area (Å²) in [7, 11) is 1.71. The standard InChI is InChI=1S/C16H24O3/c1-13-11-15(19-16(13)17-2)9-6-10-18-12-14-7-4-3-5-8-14/h3-5,7-8,13,15-16H,6,9-12H2,1-2H3. The minimum atomic E-state index is -0.0183. The van der Waals surface area contributed by atoms with Crippen LogP contribution < -0.4 is 0 Å². The van der Waals surface area contributed by atoms with Crippen molar-refractivity contribution >= 4 is 0 Å². The van der Waals surface area contributed by atoms with E-state index in [9.17, 15) is 0 Å². The van der Waals surface area contributed by atoms with Gasteiger partial charge in [0.15, 0.2) is 6.29 Å². The molecule has 0 aromatic heterocycles. The predicted molar refractivity (Wildman–Crippen MR) is 74.8 cm³/mol. The Balaban J connectivity index is 1.55. The van der Waals surface area contributed by atoms with Crippen molar-refractivity contribution in [3.05, 3.63) is 35.9 Å².